The van der Waals surface area contributed by atoms with Gasteiger partial charge in [-0.25, -0.2) is 9.78 Å². The van der Waals surface area contributed by atoms with Crippen LogP contribution in [0.2, 0.25) is 0 Å². The molecule has 0 bridgehead atoms. The molecule has 1 aromatic heterocycles. The quantitative estimate of drug-likeness (QED) is 0.233. The van der Waals surface area contributed by atoms with Crippen molar-refractivity contribution < 1.29 is 14.7 Å². The zero-order valence-electron chi connectivity index (χ0n) is 20.1. The summed E-state index contributed by atoms with van der Waals surface area (Å²) in [6.07, 6.45) is 3.93. The Balaban J connectivity index is 0.000000225. The predicted octanol–water partition coefficient (Wildman–Crippen LogP) is 6.52. The first-order valence-corrected chi connectivity index (χ1v) is 12.6. The monoisotopic (exact) mass is 489 g/mol. The van der Waals surface area contributed by atoms with Gasteiger partial charge in [-0.1, -0.05) is 97.8 Å². The number of carboxylic acids is 1. The Morgan fingerprint density at radius 3 is 2.37 bits per heavy atom. The van der Waals surface area contributed by atoms with E-state index in [4.69, 9.17) is 5.11 Å². The first-order chi connectivity index (χ1) is 17.0. The molecule has 6 nitrogen and oxygen atoms in total. The zero-order valence-corrected chi connectivity index (χ0v) is 20.9. The fourth-order valence-electron chi connectivity index (χ4n) is 3.56. The molecular weight excluding hydrogens is 458 g/mol. The molecule has 1 amide bonds. The maximum atomic E-state index is 12.4. The summed E-state index contributed by atoms with van der Waals surface area (Å²) < 4.78 is 0. The van der Waals surface area contributed by atoms with E-state index in [0.29, 0.717) is 11.3 Å². The normalized spacial score (nSPS) is 10.5. The molecule has 0 aliphatic rings. The van der Waals surface area contributed by atoms with Gasteiger partial charge in [-0.3, -0.25) is 10.1 Å². The number of aryl methyl sites for hydroxylation is 1. The van der Waals surface area contributed by atoms with Crippen LogP contribution in [0.15, 0.2) is 72.8 Å². The van der Waals surface area contributed by atoms with Crippen molar-refractivity contribution in [2.24, 2.45) is 0 Å². The molecule has 0 aliphatic heterocycles. The van der Waals surface area contributed by atoms with E-state index in [2.05, 4.69) is 52.9 Å². The topological polar surface area (TPSA) is 91.3 Å². The number of aromatic nitrogens is 1. The summed E-state index contributed by atoms with van der Waals surface area (Å²) in [6, 6.07) is 23.6. The largest absolute Gasteiger partial charge is 0.477 e. The first-order valence-electron chi connectivity index (χ1n) is 11.7. The van der Waals surface area contributed by atoms with Crippen LogP contribution in [-0.2, 0) is 6.54 Å². The number of carboxylic acid groups (broad SMARTS) is 1. The number of nitrogens with zero attached hydrogens (tertiary/aromatic N) is 1. The van der Waals surface area contributed by atoms with Crippen molar-refractivity contribution in [3.8, 4) is 0 Å². The van der Waals surface area contributed by atoms with Gasteiger partial charge in [0.2, 0.25) is 0 Å². The van der Waals surface area contributed by atoms with Crippen LogP contribution in [0.4, 0.5) is 5.13 Å². The highest BCUT2D eigenvalue weighted by atomic mass is 32.1. The van der Waals surface area contributed by atoms with Gasteiger partial charge in [0, 0.05) is 12.1 Å². The standard InChI is InChI=1S/C16H12N2O3S.C12H19N/c1-9-13(15(20)21)22-16(17-9)18-14(19)12-8-4-6-10-5-2-3-7-11(10)12;1-2-3-7-10-13-11-12-8-5-4-6-9-12/h2-8H,1H3,(H,20,21)(H,17,18,19);4-6,8-9,13H,2-3,7,10-11H2,1H3. The van der Waals surface area contributed by atoms with Gasteiger partial charge >= 0.3 is 5.97 Å². The van der Waals surface area contributed by atoms with Crippen molar-refractivity contribution in [3.63, 3.8) is 0 Å². The van der Waals surface area contributed by atoms with Crippen LogP contribution in [-0.4, -0.2) is 28.5 Å². The van der Waals surface area contributed by atoms with Crippen LogP contribution in [0.25, 0.3) is 10.8 Å². The number of fused-ring (bicyclic) bond motifs is 1. The van der Waals surface area contributed by atoms with Gasteiger partial charge in [0.1, 0.15) is 4.88 Å². The summed E-state index contributed by atoms with van der Waals surface area (Å²) >= 11 is 0.953. The fourth-order valence-corrected chi connectivity index (χ4v) is 4.37. The van der Waals surface area contributed by atoms with Gasteiger partial charge in [-0.2, -0.15) is 0 Å². The average Bonchev–Trinajstić information content (AvgIpc) is 3.24. The molecule has 35 heavy (non-hydrogen) atoms. The third-order valence-electron chi connectivity index (χ3n) is 5.37. The Hall–Kier alpha value is -3.55. The molecule has 0 aliphatic carbocycles. The minimum absolute atomic E-state index is 0.133. The number of rotatable bonds is 9. The number of nitrogens with one attached hydrogen (secondary N) is 2. The lowest BCUT2D eigenvalue weighted by Crippen LogP contribution is -2.14. The maximum absolute atomic E-state index is 12.4. The van der Waals surface area contributed by atoms with Crippen molar-refractivity contribution in [2.45, 2.75) is 39.7 Å². The van der Waals surface area contributed by atoms with Crippen LogP contribution < -0.4 is 10.6 Å². The second kappa shape index (κ2) is 13.4. The highest BCUT2D eigenvalue weighted by Gasteiger charge is 2.17. The second-order valence-electron chi connectivity index (χ2n) is 8.09. The number of hydrogen-bond donors (Lipinski definition) is 3. The summed E-state index contributed by atoms with van der Waals surface area (Å²) in [6.45, 7) is 5.98. The van der Waals surface area contributed by atoms with Crippen molar-refractivity contribution in [1.29, 1.82) is 0 Å². The molecule has 3 aromatic carbocycles. The van der Waals surface area contributed by atoms with E-state index < -0.39 is 5.97 Å². The lowest BCUT2D eigenvalue weighted by molar-refractivity contribution is 0.0701. The molecular formula is C28H31N3O3S. The van der Waals surface area contributed by atoms with E-state index in [1.807, 2.05) is 36.4 Å². The third-order valence-corrected chi connectivity index (χ3v) is 6.44. The third kappa shape index (κ3) is 7.73. The number of carbonyl (C=O) groups excluding carboxylic acids is 1. The SMILES string of the molecule is CCCCCNCc1ccccc1.Cc1nc(NC(=O)c2cccc3ccccc23)sc1C(=O)O. The minimum atomic E-state index is -1.04. The number of hydrogen-bond acceptors (Lipinski definition) is 5. The first kappa shape index (κ1) is 26.1. The molecule has 4 rings (SSSR count). The van der Waals surface area contributed by atoms with Gasteiger partial charge in [-0.15, -0.1) is 0 Å². The second-order valence-corrected chi connectivity index (χ2v) is 9.09. The van der Waals surface area contributed by atoms with Crippen LogP contribution in [0.5, 0.6) is 0 Å². The Bertz CT molecular complexity index is 1250. The Morgan fingerprint density at radius 2 is 1.66 bits per heavy atom. The molecule has 0 saturated heterocycles. The van der Waals surface area contributed by atoms with Crippen LogP contribution in [0.1, 0.15) is 57.5 Å². The number of benzene rings is 3. The lowest BCUT2D eigenvalue weighted by Gasteiger charge is -2.05. The number of amides is 1. The lowest BCUT2D eigenvalue weighted by atomic mass is 10.0. The number of aromatic carboxylic acids is 1. The molecule has 0 atom stereocenters. The smallest absolute Gasteiger partial charge is 0.347 e. The summed E-state index contributed by atoms with van der Waals surface area (Å²) in [4.78, 5) is 27.7. The molecule has 4 aromatic rings. The highest BCUT2D eigenvalue weighted by Crippen LogP contribution is 2.24. The van der Waals surface area contributed by atoms with Crippen molar-refractivity contribution in [1.82, 2.24) is 10.3 Å². The van der Waals surface area contributed by atoms with E-state index >= 15 is 0 Å². The fraction of sp³-hybridized carbons (Fsp3) is 0.250. The van der Waals surface area contributed by atoms with Gasteiger partial charge in [0.05, 0.1) is 5.69 Å². The molecule has 0 unspecified atom stereocenters. The average molecular weight is 490 g/mol. The molecule has 1 heterocycles. The Morgan fingerprint density at radius 1 is 0.943 bits per heavy atom. The van der Waals surface area contributed by atoms with Crippen LogP contribution in [0.3, 0.4) is 0 Å². The highest BCUT2D eigenvalue weighted by molar-refractivity contribution is 7.17. The Labute approximate surface area is 210 Å². The van der Waals surface area contributed by atoms with Crippen molar-refractivity contribution in [3.05, 3.63) is 94.5 Å². The number of carbonyl (C=O) groups is 2. The van der Waals surface area contributed by atoms with Gasteiger partial charge in [0.15, 0.2) is 5.13 Å². The van der Waals surface area contributed by atoms with Crippen molar-refractivity contribution in [2.75, 3.05) is 11.9 Å². The van der Waals surface area contributed by atoms with E-state index in [-0.39, 0.29) is 15.9 Å². The van der Waals surface area contributed by atoms with E-state index in [1.54, 1.807) is 13.0 Å². The predicted molar refractivity (Wildman–Crippen MR) is 143 cm³/mol. The zero-order chi connectivity index (χ0) is 25.0. The van der Waals surface area contributed by atoms with Gasteiger partial charge in [-0.05, 0) is 42.3 Å². The molecule has 3 N–H and O–H groups in total. The minimum Gasteiger partial charge on any atom is -0.477 e. The maximum Gasteiger partial charge on any atom is 0.347 e. The summed E-state index contributed by atoms with van der Waals surface area (Å²) in [5.74, 6) is -1.34. The molecule has 0 radical (unpaired) electrons. The van der Waals surface area contributed by atoms with E-state index in [0.717, 1.165) is 35.2 Å². The molecule has 182 valence electrons. The van der Waals surface area contributed by atoms with Gasteiger partial charge < -0.3 is 10.4 Å². The van der Waals surface area contributed by atoms with Crippen molar-refractivity contribution >= 4 is 39.1 Å². The summed E-state index contributed by atoms with van der Waals surface area (Å²) in [7, 11) is 0. The van der Waals surface area contributed by atoms with E-state index in [1.165, 1.54) is 24.8 Å². The molecule has 0 saturated carbocycles. The number of anilines is 1. The van der Waals surface area contributed by atoms with Crippen LogP contribution in [0, 0.1) is 6.92 Å². The molecule has 7 heteroatoms. The number of unbranched alkanes of at least 4 members (excludes halogenated alkanes) is 2. The molecule has 0 spiro atoms. The van der Waals surface area contributed by atoms with E-state index in [9.17, 15) is 9.59 Å². The van der Waals surface area contributed by atoms with Gasteiger partial charge in [0.25, 0.3) is 5.91 Å². The molecule has 0 fully saturated rings. The van der Waals surface area contributed by atoms with Crippen LogP contribution >= 0.6 is 11.3 Å². The number of thiazole rings is 1. The summed E-state index contributed by atoms with van der Waals surface area (Å²) in [5.41, 5.74) is 2.30. The summed E-state index contributed by atoms with van der Waals surface area (Å²) in [5, 5.41) is 17.2. The Kier molecular flexibility index (Phi) is 9.95.